The van der Waals surface area contributed by atoms with Crippen molar-refractivity contribution in [1.29, 1.82) is 0 Å². The van der Waals surface area contributed by atoms with Crippen LogP contribution in [0, 0.1) is 0 Å². The number of halogens is 1. The monoisotopic (exact) mass is 341 g/mol. The second kappa shape index (κ2) is 5.49. The molecule has 0 spiro atoms. The predicted octanol–water partition coefficient (Wildman–Crippen LogP) is 0.532. The van der Waals surface area contributed by atoms with E-state index >= 15 is 0 Å². The molecule has 106 valence electrons. The number of rotatable bonds is 3. The first kappa shape index (κ1) is 14.3. The molecule has 1 N–H and O–H groups in total. The Hall–Kier alpha value is -2.09. The lowest BCUT2D eigenvalue weighted by Gasteiger charge is -2.09. The molecular formula is C12H12BrN3O4. The predicted molar refractivity (Wildman–Crippen MR) is 74.5 cm³/mol. The maximum atomic E-state index is 11.7. The molecule has 0 saturated carbocycles. The molecule has 0 amide bonds. The number of carbonyl (C=O) groups excluding carboxylic acids is 1. The van der Waals surface area contributed by atoms with Crippen molar-refractivity contribution in [1.82, 2.24) is 14.1 Å². The van der Waals surface area contributed by atoms with Gasteiger partial charge in [-0.15, -0.1) is 0 Å². The molecule has 0 aromatic carbocycles. The van der Waals surface area contributed by atoms with Gasteiger partial charge in [-0.1, -0.05) is 0 Å². The molecule has 0 radical (unpaired) electrons. The van der Waals surface area contributed by atoms with Gasteiger partial charge in [0.25, 0.3) is 5.56 Å². The molecule has 2 aromatic heterocycles. The summed E-state index contributed by atoms with van der Waals surface area (Å²) in [6.45, 7) is -0.155. The van der Waals surface area contributed by atoms with Gasteiger partial charge in [-0.2, -0.15) is 0 Å². The first-order valence-corrected chi connectivity index (χ1v) is 6.46. The molecule has 2 aromatic rings. The quantitative estimate of drug-likeness (QED) is 0.825. The number of nitrogens with one attached hydrogen (secondary N) is 1. The van der Waals surface area contributed by atoms with E-state index in [1.807, 2.05) is 0 Å². The topological polar surface area (TPSA) is 86.1 Å². The molecule has 0 aliphatic heterocycles. The van der Waals surface area contributed by atoms with E-state index in [4.69, 9.17) is 4.74 Å². The summed E-state index contributed by atoms with van der Waals surface area (Å²) in [5, 5.41) is 0. The largest absolute Gasteiger partial charge is 0.455 e. The standard InChI is InChI=1S/C12H12BrN3O4/c1-15-8(4-10(17)16(2)12(15)19)6-20-11(18)9-3-7(13)5-14-9/h3-5,14H,6H2,1-2H3. The van der Waals surface area contributed by atoms with E-state index in [1.165, 1.54) is 24.7 Å². The van der Waals surface area contributed by atoms with E-state index in [1.54, 1.807) is 12.3 Å². The fourth-order valence-electron chi connectivity index (χ4n) is 1.62. The molecule has 7 nitrogen and oxygen atoms in total. The van der Waals surface area contributed by atoms with Crippen molar-refractivity contribution in [3.05, 3.63) is 55.0 Å². The molecule has 0 bridgehead atoms. The summed E-state index contributed by atoms with van der Waals surface area (Å²) in [5.41, 5.74) is -0.296. The van der Waals surface area contributed by atoms with E-state index in [0.717, 1.165) is 9.04 Å². The highest BCUT2D eigenvalue weighted by molar-refractivity contribution is 9.10. The Morgan fingerprint density at radius 3 is 2.60 bits per heavy atom. The molecule has 0 aliphatic rings. The number of hydrogen-bond donors (Lipinski definition) is 1. The van der Waals surface area contributed by atoms with E-state index in [-0.39, 0.29) is 12.3 Å². The third kappa shape index (κ3) is 2.74. The van der Waals surface area contributed by atoms with Crippen LogP contribution in [0.15, 0.2) is 32.4 Å². The minimum Gasteiger partial charge on any atom is -0.455 e. The average molecular weight is 342 g/mol. The van der Waals surface area contributed by atoms with Crippen molar-refractivity contribution in [3.8, 4) is 0 Å². The van der Waals surface area contributed by atoms with Crippen LogP contribution in [0.2, 0.25) is 0 Å². The van der Waals surface area contributed by atoms with Crippen LogP contribution in [0.4, 0.5) is 0 Å². The fraction of sp³-hybridized carbons (Fsp3) is 0.250. The Kier molecular flexibility index (Phi) is 3.93. The highest BCUT2D eigenvalue weighted by Crippen LogP contribution is 2.11. The lowest BCUT2D eigenvalue weighted by atomic mass is 10.4. The summed E-state index contributed by atoms with van der Waals surface area (Å²) < 4.78 is 8.03. The number of hydrogen-bond acceptors (Lipinski definition) is 4. The molecule has 0 unspecified atom stereocenters. The van der Waals surface area contributed by atoms with E-state index < -0.39 is 17.2 Å². The maximum Gasteiger partial charge on any atom is 0.355 e. The Labute approximate surface area is 121 Å². The SMILES string of the molecule is Cn1c(COC(=O)c2cc(Br)c[nH]2)cc(=O)n(C)c1=O. The Bertz CT molecular complexity index is 772. The van der Waals surface area contributed by atoms with Crippen molar-refractivity contribution in [2.75, 3.05) is 0 Å². The number of esters is 1. The summed E-state index contributed by atoms with van der Waals surface area (Å²) in [6, 6.07) is 2.84. The Morgan fingerprint density at radius 2 is 2.00 bits per heavy atom. The van der Waals surface area contributed by atoms with Crippen molar-refractivity contribution in [2.45, 2.75) is 6.61 Å². The van der Waals surface area contributed by atoms with Gasteiger partial charge in [0.2, 0.25) is 0 Å². The Balaban J connectivity index is 2.18. The zero-order chi connectivity index (χ0) is 14.9. The highest BCUT2D eigenvalue weighted by Gasteiger charge is 2.12. The lowest BCUT2D eigenvalue weighted by molar-refractivity contribution is 0.0456. The van der Waals surface area contributed by atoms with Gasteiger partial charge in [0.05, 0.1) is 5.69 Å². The zero-order valence-corrected chi connectivity index (χ0v) is 12.4. The smallest absolute Gasteiger partial charge is 0.355 e. The van der Waals surface area contributed by atoms with Crippen LogP contribution in [-0.2, 0) is 25.4 Å². The van der Waals surface area contributed by atoms with E-state index in [9.17, 15) is 14.4 Å². The number of aromatic amines is 1. The van der Waals surface area contributed by atoms with Crippen LogP contribution in [-0.4, -0.2) is 20.1 Å². The first-order valence-electron chi connectivity index (χ1n) is 5.67. The van der Waals surface area contributed by atoms with Crippen molar-refractivity contribution in [2.24, 2.45) is 14.1 Å². The second-order valence-corrected chi connectivity index (χ2v) is 5.10. The van der Waals surface area contributed by atoms with Gasteiger partial charge in [-0.3, -0.25) is 13.9 Å². The summed E-state index contributed by atoms with van der Waals surface area (Å²) in [4.78, 5) is 37.7. The van der Waals surface area contributed by atoms with Gasteiger partial charge in [-0.05, 0) is 22.0 Å². The van der Waals surface area contributed by atoms with Crippen LogP contribution < -0.4 is 11.2 Å². The third-order valence-electron chi connectivity index (χ3n) is 2.84. The molecule has 2 heterocycles. The maximum absolute atomic E-state index is 11.7. The van der Waals surface area contributed by atoms with Crippen LogP contribution in [0.3, 0.4) is 0 Å². The van der Waals surface area contributed by atoms with Gasteiger partial charge in [0, 0.05) is 30.8 Å². The molecule has 0 aliphatic carbocycles. The highest BCUT2D eigenvalue weighted by atomic mass is 79.9. The van der Waals surface area contributed by atoms with Gasteiger partial charge in [0.15, 0.2) is 0 Å². The fourth-order valence-corrected chi connectivity index (χ4v) is 1.96. The molecule has 8 heteroatoms. The van der Waals surface area contributed by atoms with Crippen molar-refractivity contribution >= 4 is 21.9 Å². The van der Waals surface area contributed by atoms with Crippen LogP contribution in [0.25, 0.3) is 0 Å². The van der Waals surface area contributed by atoms with Crippen molar-refractivity contribution < 1.29 is 9.53 Å². The van der Waals surface area contributed by atoms with Crippen LogP contribution in [0.5, 0.6) is 0 Å². The second-order valence-electron chi connectivity index (χ2n) is 4.18. The molecule has 0 saturated heterocycles. The summed E-state index contributed by atoms with van der Waals surface area (Å²) in [7, 11) is 2.90. The Morgan fingerprint density at radius 1 is 1.30 bits per heavy atom. The normalized spacial score (nSPS) is 10.6. The number of aromatic nitrogens is 3. The van der Waals surface area contributed by atoms with Crippen LogP contribution in [0.1, 0.15) is 16.2 Å². The van der Waals surface area contributed by atoms with Gasteiger partial charge in [-0.25, -0.2) is 9.59 Å². The first-order chi connectivity index (χ1) is 9.40. The van der Waals surface area contributed by atoms with Crippen LogP contribution >= 0.6 is 15.9 Å². The molecule has 20 heavy (non-hydrogen) atoms. The number of nitrogens with zero attached hydrogens (tertiary/aromatic N) is 2. The minimum absolute atomic E-state index is 0.155. The lowest BCUT2D eigenvalue weighted by Crippen LogP contribution is -2.38. The zero-order valence-electron chi connectivity index (χ0n) is 10.8. The number of ether oxygens (including phenoxy) is 1. The van der Waals surface area contributed by atoms with Gasteiger partial charge >= 0.3 is 11.7 Å². The summed E-state index contributed by atoms with van der Waals surface area (Å²) in [6.07, 6.45) is 1.60. The molecular weight excluding hydrogens is 330 g/mol. The van der Waals surface area contributed by atoms with Gasteiger partial charge in [0.1, 0.15) is 12.3 Å². The minimum atomic E-state index is -0.566. The van der Waals surface area contributed by atoms with E-state index in [0.29, 0.717) is 5.69 Å². The third-order valence-corrected chi connectivity index (χ3v) is 3.30. The van der Waals surface area contributed by atoms with Crippen molar-refractivity contribution in [3.63, 3.8) is 0 Å². The summed E-state index contributed by atoms with van der Waals surface area (Å²) in [5.74, 6) is -0.566. The number of H-pyrrole nitrogens is 1. The number of carbonyl (C=O) groups is 1. The molecule has 0 atom stereocenters. The molecule has 2 rings (SSSR count). The van der Waals surface area contributed by atoms with Gasteiger partial charge < -0.3 is 9.72 Å². The molecule has 0 fully saturated rings. The average Bonchev–Trinajstić information content (AvgIpc) is 2.85. The van der Waals surface area contributed by atoms with E-state index in [2.05, 4.69) is 20.9 Å². The summed E-state index contributed by atoms with van der Waals surface area (Å²) >= 11 is 3.21.